The number of nitrogens with two attached hydrogens (primary N) is 1. The number of aromatic nitrogens is 1. The second-order valence-electron chi connectivity index (χ2n) is 3.99. The van der Waals surface area contributed by atoms with Crippen molar-refractivity contribution in [3.63, 3.8) is 0 Å². The number of carbonyl (C=O) groups is 1. The van der Waals surface area contributed by atoms with Crippen LogP contribution in [0.25, 0.3) is 0 Å². The molecule has 0 bridgehead atoms. The summed E-state index contributed by atoms with van der Waals surface area (Å²) in [5.41, 5.74) is 5.42. The van der Waals surface area contributed by atoms with Crippen molar-refractivity contribution in [2.75, 3.05) is 11.9 Å². The highest BCUT2D eigenvalue weighted by Gasteiger charge is 2.13. The van der Waals surface area contributed by atoms with Crippen LogP contribution >= 0.6 is 0 Å². The Balaban J connectivity index is 2.19. The van der Waals surface area contributed by atoms with E-state index in [2.05, 4.69) is 22.1 Å². The van der Waals surface area contributed by atoms with Gasteiger partial charge < -0.3 is 11.1 Å². The Bertz CT molecular complexity index is 735. The molecule has 0 saturated heterocycles. The van der Waals surface area contributed by atoms with Gasteiger partial charge in [-0.1, -0.05) is 12.0 Å². The van der Waals surface area contributed by atoms with E-state index in [1.807, 2.05) is 0 Å². The van der Waals surface area contributed by atoms with E-state index in [4.69, 9.17) is 5.73 Å². The van der Waals surface area contributed by atoms with Gasteiger partial charge in [-0.15, -0.1) is 0 Å². The van der Waals surface area contributed by atoms with Gasteiger partial charge in [-0.2, -0.15) is 0 Å². The SMILES string of the molecule is NCC#Cc1cccc(NC(=O)c2ccc(F)cc2F)n1. The van der Waals surface area contributed by atoms with Crippen LogP contribution in [0, 0.1) is 23.5 Å². The van der Waals surface area contributed by atoms with Crippen LogP contribution in [-0.2, 0) is 0 Å². The lowest BCUT2D eigenvalue weighted by atomic mass is 10.2. The number of rotatable bonds is 2. The number of amides is 1. The first-order valence-electron chi connectivity index (χ1n) is 6.02. The van der Waals surface area contributed by atoms with Gasteiger partial charge in [0.25, 0.3) is 5.91 Å². The summed E-state index contributed by atoms with van der Waals surface area (Å²) in [6, 6.07) is 7.55. The Labute approximate surface area is 120 Å². The molecule has 0 radical (unpaired) electrons. The quantitative estimate of drug-likeness (QED) is 0.829. The first-order valence-corrected chi connectivity index (χ1v) is 6.02. The summed E-state index contributed by atoms with van der Waals surface area (Å²) in [4.78, 5) is 16.0. The molecule has 0 aliphatic heterocycles. The zero-order valence-electron chi connectivity index (χ0n) is 10.9. The third-order valence-corrected chi connectivity index (χ3v) is 2.48. The maximum absolute atomic E-state index is 13.5. The monoisotopic (exact) mass is 287 g/mol. The molecule has 0 unspecified atom stereocenters. The maximum Gasteiger partial charge on any atom is 0.259 e. The van der Waals surface area contributed by atoms with Crippen LogP contribution in [0.5, 0.6) is 0 Å². The summed E-state index contributed by atoms with van der Waals surface area (Å²) >= 11 is 0. The Morgan fingerprint density at radius 1 is 1.29 bits per heavy atom. The van der Waals surface area contributed by atoms with Crippen molar-refractivity contribution in [1.29, 1.82) is 0 Å². The topological polar surface area (TPSA) is 68.0 Å². The number of nitrogens with zero attached hydrogens (tertiary/aromatic N) is 1. The van der Waals surface area contributed by atoms with Crippen LogP contribution in [-0.4, -0.2) is 17.4 Å². The molecule has 1 amide bonds. The van der Waals surface area contributed by atoms with E-state index in [0.717, 1.165) is 12.1 Å². The molecule has 0 fully saturated rings. The molecular weight excluding hydrogens is 276 g/mol. The normalized spacial score (nSPS) is 9.67. The minimum atomic E-state index is -0.938. The zero-order valence-corrected chi connectivity index (χ0v) is 10.9. The van der Waals surface area contributed by atoms with Crippen LogP contribution < -0.4 is 11.1 Å². The van der Waals surface area contributed by atoms with Gasteiger partial charge in [0.05, 0.1) is 12.1 Å². The molecule has 2 aromatic rings. The minimum Gasteiger partial charge on any atom is -0.320 e. The number of pyridine rings is 1. The Morgan fingerprint density at radius 2 is 2.10 bits per heavy atom. The summed E-state index contributed by atoms with van der Waals surface area (Å²) < 4.78 is 26.3. The molecule has 0 aliphatic rings. The third kappa shape index (κ3) is 3.84. The van der Waals surface area contributed by atoms with Crippen LogP contribution in [0.4, 0.5) is 14.6 Å². The number of carbonyl (C=O) groups excluding carboxylic acids is 1. The highest BCUT2D eigenvalue weighted by molar-refractivity contribution is 6.03. The fourth-order valence-corrected chi connectivity index (χ4v) is 1.57. The van der Waals surface area contributed by atoms with Gasteiger partial charge in [-0.05, 0) is 30.2 Å². The van der Waals surface area contributed by atoms with E-state index >= 15 is 0 Å². The van der Waals surface area contributed by atoms with E-state index in [9.17, 15) is 13.6 Å². The summed E-state index contributed by atoms with van der Waals surface area (Å²) in [5.74, 6) is 3.16. The highest BCUT2D eigenvalue weighted by Crippen LogP contribution is 2.12. The smallest absolute Gasteiger partial charge is 0.259 e. The van der Waals surface area contributed by atoms with Crippen LogP contribution in [0.15, 0.2) is 36.4 Å². The van der Waals surface area contributed by atoms with Crippen molar-refractivity contribution in [3.05, 3.63) is 59.3 Å². The lowest BCUT2D eigenvalue weighted by Crippen LogP contribution is -2.15. The molecule has 1 aromatic heterocycles. The Hall–Kier alpha value is -2.78. The molecule has 0 atom stereocenters. The molecule has 2 rings (SSSR count). The molecule has 106 valence electrons. The first-order chi connectivity index (χ1) is 10.1. The van der Waals surface area contributed by atoms with Gasteiger partial charge in [0.15, 0.2) is 0 Å². The lowest BCUT2D eigenvalue weighted by molar-refractivity contribution is 0.102. The lowest BCUT2D eigenvalue weighted by Gasteiger charge is -2.05. The van der Waals surface area contributed by atoms with Gasteiger partial charge in [0, 0.05) is 6.07 Å². The van der Waals surface area contributed by atoms with Crippen molar-refractivity contribution in [2.24, 2.45) is 5.73 Å². The van der Waals surface area contributed by atoms with Crippen molar-refractivity contribution in [3.8, 4) is 11.8 Å². The molecular formula is C15H11F2N3O. The highest BCUT2D eigenvalue weighted by atomic mass is 19.1. The summed E-state index contributed by atoms with van der Waals surface area (Å²) in [5, 5.41) is 2.42. The number of nitrogens with one attached hydrogen (secondary N) is 1. The van der Waals surface area contributed by atoms with Crippen molar-refractivity contribution < 1.29 is 13.6 Å². The van der Waals surface area contributed by atoms with Crippen LogP contribution in [0.1, 0.15) is 16.1 Å². The largest absolute Gasteiger partial charge is 0.320 e. The first kappa shape index (κ1) is 14.6. The van der Waals surface area contributed by atoms with Crippen LogP contribution in [0.3, 0.4) is 0 Å². The van der Waals surface area contributed by atoms with Gasteiger partial charge in [-0.25, -0.2) is 13.8 Å². The number of benzene rings is 1. The number of anilines is 1. The molecule has 4 nitrogen and oxygen atoms in total. The second-order valence-corrected chi connectivity index (χ2v) is 3.99. The molecule has 0 saturated carbocycles. The molecule has 1 aromatic carbocycles. The second kappa shape index (κ2) is 6.59. The molecule has 3 N–H and O–H groups in total. The van der Waals surface area contributed by atoms with Gasteiger partial charge >= 0.3 is 0 Å². The maximum atomic E-state index is 13.5. The molecule has 6 heteroatoms. The van der Waals surface area contributed by atoms with Crippen molar-refractivity contribution in [1.82, 2.24) is 4.98 Å². The predicted molar refractivity (Wildman–Crippen MR) is 74.5 cm³/mol. The van der Waals surface area contributed by atoms with E-state index in [-0.39, 0.29) is 17.9 Å². The summed E-state index contributed by atoms with van der Waals surface area (Å²) in [6.07, 6.45) is 0. The molecule has 0 spiro atoms. The van der Waals surface area contributed by atoms with E-state index in [0.29, 0.717) is 11.8 Å². The summed E-state index contributed by atoms with van der Waals surface area (Å²) in [6.45, 7) is 0.194. The average molecular weight is 287 g/mol. The summed E-state index contributed by atoms with van der Waals surface area (Å²) in [7, 11) is 0. The number of hydrogen-bond acceptors (Lipinski definition) is 3. The van der Waals surface area contributed by atoms with Gasteiger partial charge in [0.2, 0.25) is 0 Å². The average Bonchev–Trinajstić information content (AvgIpc) is 2.45. The minimum absolute atomic E-state index is 0.194. The standard InChI is InChI=1S/C15H11F2N3O/c16-10-6-7-12(13(17)9-10)15(21)20-14-5-1-3-11(19-14)4-2-8-18/h1,3,5-7,9H,8,18H2,(H,19,20,21). The van der Waals surface area contributed by atoms with Gasteiger partial charge in [0.1, 0.15) is 23.1 Å². The van der Waals surface area contributed by atoms with E-state index in [1.54, 1.807) is 12.1 Å². The number of halogens is 2. The Morgan fingerprint density at radius 3 is 2.81 bits per heavy atom. The van der Waals surface area contributed by atoms with Crippen molar-refractivity contribution >= 4 is 11.7 Å². The molecule has 1 heterocycles. The Kier molecular flexibility index (Phi) is 4.59. The molecule has 0 aliphatic carbocycles. The van der Waals surface area contributed by atoms with Crippen LogP contribution in [0.2, 0.25) is 0 Å². The number of hydrogen-bond donors (Lipinski definition) is 2. The van der Waals surface area contributed by atoms with E-state index < -0.39 is 17.5 Å². The van der Waals surface area contributed by atoms with E-state index in [1.165, 1.54) is 6.07 Å². The zero-order chi connectivity index (χ0) is 15.2. The fraction of sp³-hybridized carbons (Fsp3) is 0.0667. The third-order valence-electron chi connectivity index (χ3n) is 2.48. The molecule has 21 heavy (non-hydrogen) atoms. The fourth-order valence-electron chi connectivity index (χ4n) is 1.57. The van der Waals surface area contributed by atoms with Gasteiger partial charge in [-0.3, -0.25) is 4.79 Å². The predicted octanol–water partition coefficient (Wildman–Crippen LogP) is 1.92. The van der Waals surface area contributed by atoms with Crippen molar-refractivity contribution in [2.45, 2.75) is 0 Å².